The van der Waals surface area contributed by atoms with Gasteiger partial charge in [-0.3, -0.25) is 4.68 Å². The first-order chi connectivity index (χ1) is 9.04. The molecule has 0 amide bonds. The third-order valence-corrected chi connectivity index (χ3v) is 4.72. The lowest BCUT2D eigenvalue weighted by atomic mass is 10.0. The molecule has 6 heteroatoms. The Labute approximate surface area is 140 Å². The highest BCUT2D eigenvalue weighted by Crippen LogP contribution is 2.32. The zero-order valence-corrected chi connectivity index (χ0v) is 15.1. The molecule has 19 heavy (non-hydrogen) atoms. The lowest BCUT2D eigenvalue weighted by Crippen LogP contribution is -2.25. The third-order valence-electron chi connectivity index (χ3n) is 2.89. The molecule has 0 aliphatic carbocycles. The van der Waals surface area contributed by atoms with Crippen LogP contribution in [0.2, 0.25) is 5.02 Å². The standard InChI is InChI=1S/C13H14BrClIN3/c1-3-17-12(13-10(14)7-18-19(13)2)9-6-8(15)4-5-11(9)16/h4-7,12,17H,3H2,1-2H3. The van der Waals surface area contributed by atoms with Gasteiger partial charge in [-0.05, 0) is 68.8 Å². The van der Waals surface area contributed by atoms with E-state index in [1.165, 1.54) is 9.13 Å². The molecule has 3 nitrogen and oxygen atoms in total. The largest absolute Gasteiger partial charge is 0.305 e. The van der Waals surface area contributed by atoms with Crippen LogP contribution >= 0.6 is 50.1 Å². The molecule has 102 valence electrons. The summed E-state index contributed by atoms with van der Waals surface area (Å²) in [4.78, 5) is 0. The van der Waals surface area contributed by atoms with E-state index in [1.54, 1.807) is 0 Å². The Morgan fingerprint density at radius 1 is 1.53 bits per heavy atom. The Bertz CT molecular complexity index is 566. The Morgan fingerprint density at radius 2 is 2.26 bits per heavy atom. The van der Waals surface area contributed by atoms with Crippen molar-refractivity contribution in [1.82, 2.24) is 15.1 Å². The lowest BCUT2D eigenvalue weighted by Gasteiger charge is -2.21. The van der Waals surface area contributed by atoms with E-state index in [1.807, 2.05) is 36.1 Å². The van der Waals surface area contributed by atoms with Gasteiger partial charge in [-0.15, -0.1) is 0 Å². The lowest BCUT2D eigenvalue weighted by molar-refractivity contribution is 0.569. The highest BCUT2D eigenvalue weighted by atomic mass is 127. The minimum atomic E-state index is 0.0671. The second kappa shape index (κ2) is 6.56. The van der Waals surface area contributed by atoms with Gasteiger partial charge in [-0.25, -0.2) is 0 Å². The van der Waals surface area contributed by atoms with Gasteiger partial charge in [0.2, 0.25) is 0 Å². The molecule has 1 unspecified atom stereocenters. The minimum absolute atomic E-state index is 0.0671. The number of rotatable bonds is 4. The predicted molar refractivity (Wildman–Crippen MR) is 90.6 cm³/mol. The van der Waals surface area contributed by atoms with Gasteiger partial charge in [0.15, 0.2) is 0 Å². The number of nitrogens with zero attached hydrogens (tertiary/aromatic N) is 2. The summed E-state index contributed by atoms with van der Waals surface area (Å²) < 4.78 is 4.06. The van der Waals surface area contributed by atoms with Crippen LogP contribution in [-0.2, 0) is 7.05 Å². The molecule has 0 radical (unpaired) electrons. The van der Waals surface area contributed by atoms with Crippen LogP contribution in [-0.4, -0.2) is 16.3 Å². The van der Waals surface area contributed by atoms with Gasteiger partial charge in [0, 0.05) is 15.6 Å². The van der Waals surface area contributed by atoms with Gasteiger partial charge in [0.05, 0.1) is 22.4 Å². The fourth-order valence-electron chi connectivity index (χ4n) is 2.04. The van der Waals surface area contributed by atoms with Crippen molar-refractivity contribution in [2.45, 2.75) is 13.0 Å². The monoisotopic (exact) mass is 453 g/mol. The van der Waals surface area contributed by atoms with Crippen LogP contribution in [0, 0.1) is 3.57 Å². The molecule has 0 fully saturated rings. The van der Waals surface area contributed by atoms with Crippen molar-refractivity contribution >= 4 is 50.1 Å². The average Bonchev–Trinajstić information content (AvgIpc) is 2.70. The fraction of sp³-hybridized carbons (Fsp3) is 0.308. The normalized spacial score (nSPS) is 12.7. The maximum atomic E-state index is 6.14. The molecule has 0 aliphatic heterocycles. The molecule has 1 atom stereocenters. The topological polar surface area (TPSA) is 29.9 Å². The van der Waals surface area contributed by atoms with Crippen LogP contribution in [0.1, 0.15) is 24.2 Å². The summed E-state index contributed by atoms with van der Waals surface area (Å²) in [5, 5.41) is 8.53. The molecule has 0 saturated carbocycles. The number of aromatic nitrogens is 2. The Hall–Kier alpha value is -0.110. The number of halogens is 3. The van der Waals surface area contributed by atoms with Gasteiger partial charge in [0.1, 0.15) is 0 Å². The summed E-state index contributed by atoms with van der Waals surface area (Å²) in [6.07, 6.45) is 1.82. The molecular formula is C13H14BrClIN3. The molecule has 1 heterocycles. The van der Waals surface area contributed by atoms with Crippen molar-refractivity contribution in [3.8, 4) is 0 Å². The average molecular weight is 455 g/mol. The first kappa shape index (κ1) is 15.3. The first-order valence-electron chi connectivity index (χ1n) is 5.90. The van der Waals surface area contributed by atoms with Crippen molar-refractivity contribution < 1.29 is 0 Å². The summed E-state index contributed by atoms with van der Waals surface area (Å²) in [5.41, 5.74) is 2.27. The van der Waals surface area contributed by atoms with Crippen LogP contribution in [0.15, 0.2) is 28.9 Å². The summed E-state index contributed by atoms with van der Waals surface area (Å²) in [6.45, 7) is 2.96. The number of benzene rings is 1. The third kappa shape index (κ3) is 3.32. The molecule has 1 N–H and O–H groups in total. The fourth-order valence-corrected chi connectivity index (χ4v) is 3.44. The molecular weight excluding hydrogens is 440 g/mol. The number of hydrogen-bond donors (Lipinski definition) is 1. The molecule has 2 rings (SSSR count). The van der Waals surface area contributed by atoms with Gasteiger partial charge >= 0.3 is 0 Å². The van der Waals surface area contributed by atoms with Crippen LogP contribution in [0.3, 0.4) is 0 Å². The number of aryl methyl sites for hydroxylation is 1. The van der Waals surface area contributed by atoms with E-state index < -0.39 is 0 Å². The Kier molecular flexibility index (Phi) is 5.28. The quantitative estimate of drug-likeness (QED) is 0.704. The summed E-state index contributed by atoms with van der Waals surface area (Å²) in [5.74, 6) is 0. The number of hydrogen-bond acceptors (Lipinski definition) is 2. The second-order valence-corrected chi connectivity index (χ2v) is 6.61. The van der Waals surface area contributed by atoms with Crippen molar-refractivity contribution in [2.75, 3.05) is 6.54 Å². The van der Waals surface area contributed by atoms with Gasteiger partial charge < -0.3 is 5.32 Å². The molecule has 1 aromatic carbocycles. The maximum Gasteiger partial charge on any atom is 0.0770 e. The second-order valence-electron chi connectivity index (χ2n) is 4.16. The number of nitrogens with one attached hydrogen (secondary N) is 1. The van der Waals surface area contributed by atoms with Crippen LogP contribution < -0.4 is 5.32 Å². The van der Waals surface area contributed by atoms with E-state index >= 15 is 0 Å². The van der Waals surface area contributed by atoms with Gasteiger partial charge in [-0.2, -0.15) is 5.10 Å². The van der Waals surface area contributed by atoms with Crippen molar-refractivity contribution in [2.24, 2.45) is 7.05 Å². The molecule has 2 aromatic rings. The molecule has 0 bridgehead atoms. The highest BCUT2D eigenvalue weighted by Gasteiger charge is 2.22. The Morgan fingerprint density at radius 3 is 2.84 bits per heavy atom. The van der Waals surface area contributed by atoms with Gasteiger partial charge in [-0.1, -0.05) is 18.5 Å². The van der Waals surface area contributed by atoms with Crippen molar-refractivity contribution in [3.63, 3.8) is 0 Å². The molecule has 0 spiro atoms. The maximum absolute atomic E-state index is 6.14. The smallest absolute Gasteiger partial charge is 0.0770 e. The van der Waals surface area contributed by atoms with Crippen molar-refractivity contribution in [1.29, 1.82) is 0 Å². The minimum Gasteiger partial charge on any atom is -0.305 e. The first-order valence-corrected chi connectivity index (χ1v) is 8.15. The van der Waals surface area contributed by atoms with E-state index in [9.17, 15) is 0 Å². The summed E-state index contributed by atoms with van der Waals surface area (Å²) in [7, 11) is 1.95. The Balaban J connectivity index is 2.54. The van der Waals surface area contributed by atoms with E-state index in [0.29, 0.717) is 0 Å². The zero-order chi connectivity index (χ0) is 14.0. The molecule has 0 saturated heterocycles. The van der Waals surface area contributed by atoms with E-state index in [-0.39, 0.29) is 6.04 Å². The van der Waals surface area contributed by atoms with E-state index in [4.69, 9.17) is 11.6 Å². The molecule has 1 aromatic heterocycles. The van der Waals surface area contributed by atoms with Gasteiger partial charge in [0.25, 0.3) is 0 Å². The van der Waals surface area contributed by atoms with E-state index in [0.717, 1.165) is 21.7 Å². The molecule has 0 aliphatic rings. The summed E-state index contributed by atoms with van der Waals surface area (Å²) >= 11 is 12.0. The van der Waals surface area contributed by atoms with Crippen LogP contribution in [0.4, 0.5) is 0 Å². The van der Waals surface area contributed by atoms with Crippen molar-refractivity contribution in [3.05, 3.63) is 48.7 Å². The SMILES string of the molecule is CCNC(c1cc(Cl)ccc1I)c1c(Br)cnn1C. The summed E-state index contributed by atoms with van der Waals surface area (Å²) in [6, 6.07) is 6.02. The van der Waals surface area contributed by atoms with Crippen LogP contribution in [0.25, 0.3) is 0 Å². The highest BCUT2D eigenvalue weighted by molar-refractivity contribution is 14.1. The van der Waals surface area contributed by atoms with Crippen LogP contribution in [0.5, 0.6) is 0 Å². The zero-order valence-electron chi connectivity index (χ0n) is 10.6. The predicted octanol–water partition coefficient (Wildman–Crippen LogP) is 4.14. The van der Waals surface area contributed by atoms with E-state index in [2.05, 4.69) is 55.9 Å².